The highest BCUT2D eigenvalue weighted by atomic mass is 19.1. The number of hydrogen-bond donors (Lipinski definition) is 2. The van der Waals surface area contributed by atoms with Crippen molar-refractivity contribution in [2.45, 2.75) is 19.8 Å². The molecule has 0 atom stereocenters. The molecule has 0 saturated carbocycles. The second-order valence-electron chi connectivity index (χ2n) is 3.45. The second-order valence-corrected chi connectivity index (χ2v) is 3.45. The number of nitrogens with zero attached hydrogens (tertiary/aromatic N) is 1. The molecule has 3 N–H and O–H groups in total. The zero-order valence-corrected chi connectivity index (χ0v) is 9.11. The van der Waals surface area contributed by atoms with E-state index in [1.54, 1.807) is 19.1 Å². The quantitative estimate of drug-likeness (QED) is 0.265. The van der Waals surface area contributed by atoms with Gasteiger partial charge in [0.25, 0.3) is 0 Å². The summed E-state index contributed by atoms with van der Waals surface area (Å²) in [4.78, 5) is 0. The highest BCUT2D eigenvalue weighted by Crippen LogP contribution is 2.16. The maximum Gasteiger partial charge on any atom is 0.139 e. The average Bonchev–Trinajstić information content (AvgIpc) is 2.28. The van der Waals surface area contributed by atoms with Crippen LogP contribution in [0.3, 0.4) is 0 Å². The lowest BCUT2D eigenvalue weighted by atomic mass is 10.2. The van der Waals surface area contributed by atoms with Crippen LogP contribution in [0.15, 0.2) is 23.4 Å². The van der Waals surface area contributed by atoms with Gasteiger partial charge in [0.05, 0.1) is 6.61 Å². The minimum absolute atomic E-state index is 0.180. The van der Waals surface area contributed by atoms with Crippen LogP contribution in [0.4, 0.5) is 4.39 Å². The summed E-state index contributed by atoms with van der Waals surface area (Å²) >= 11 is 0. The minimum atomic E-state index is -0.246. The maximum atomic E-state index is 12.9. The lowest BCUT2D eigenvalue weighted by Gasteiger charge is -2.06. The number of hydrogen-bond acceptors (Lipinski definition) is 3. The maximum absolute atomic E-state index is 12.9. The van der Waals surface area contributed by atoms with Gasteiger partial charge in [-0.3, -0.25) is 0 Å². The molecule has 0 radical (unpaired) electrons. The van der Waals surface area contributed by atoms with Crippen molar-refractivity contribution < 1.29 is 14.3 Å². The van der Waals surface area contributed by atoms with Gasteiger partial charge in [-0.05, 0) is 37.1 Å². The van der Waals surface area contributed by atoms with Crippen molar-refractivity contribution >= 4 is 5.84 Å². The van der Waals surface area contributed by atoms with Gasteiger partial charge in [0.2, 0.25) is 0 Å². The number of halogens is 1. The van der Waals surface area contributed by atoms with Gasteiger partial charge in [0.1, 0.15) is 17.4 Å². The van der Waals surface area contributed by atoms with Crippen molar-refractivity contribution in [1.29, 1.82) is 0 Å². The summed E-state index contributed by atoms with van der Waals surface area (Å²) in [7, 11) is 0. The van der Waals surface area contributed by atoms with Gasteiger partial charge >= 0.3 is 0 Å². The highest BCUT2D eigenvalue weighted by molar-refractivity contribution is 5.79. The van der Waals surface area contributed by atoms with Crippen molar-refractivity contribution in [1.82, 2.24) is 0 Å². The van der Waals surface area contributed by atoms with E-state index in [-0.39, 0.29) is 11.7 Å². The number of amidine groups is 1. The van der Waals surface area contributed by atoms with Gasteiger partial charge < -0.3 is 15.7 Å². The van der Waals surface area contributed by atoms with Gasteiger partial charge in [-0.25, -0.2) is 4.39 Å². The topological polar surface area (TPSA) is 67.8 Å². The summed E-state index contributed by atoms with van der Waals surface area (Å²) in [6, 6.07) is 4.58. The number of ether oxygens (including phenoxy) is 1. The molecule has 0 bridgehead atoms. The average molecular weight is 226 g/mol. The third-order valence-electron chi connectivity index (χ3n) is 2.10. The van der Waals surface area contributed by atoms with Gasteiger partial charge in [-0.1, -0.05) is 5.16 Å². The fourth-order valence-corrected chi connectivity index (χ4v) is 1.20. The smallest absolute Gasteiger partial charge is 0.139 e. The van der Waals surface area contributed by atoms with Crippen LogP contribution in [0.1, 0.15) is 18.4 Å². The SMILES string of the molecule is Cc1cc(OCCC/C(N)=N/O)ccc1F. The Labute approximate surface area is 93.5 Å². The first-order valence-electron chi connectivity index (χ1n) is 4.99. The molecule has 0 aliphatic heterocycles. The van der Waals surface area contributed by atoms with Gasteiger partial charge in [0.15, 0.2) is 0 Å². The van der Waals surface area contributed by atoms with E-state index < -0.39 is 0 Å². The molecule has 0 aliphatic rings. The Morgan fingerprint density at radius 3 is 2.94 bits per heavy atom. The van der Waals surface area contributed by atoms with Crippen LogP contribution in [0.25, 0.3) is 0 Å². The van der Waals surface area contributed by atoms with Crippen LogP contribution in [0, 0.1) is 12.7 Å². The number of benzene rings is 1. The van der Waals surface area contributed by atoms with Crippen molar-refractivity contribution in [3.8, 4) is 5.75 Å². The molecule has 0 aliphatic carbocycles. The van der Waals surface area contributed by atoms with Gasteiger partial charge in [-0.2, -0.15) is 0 Å². The Morgan fingerprint density at radius 2 is 2.31 bits per heavy atom. The minimum Gasteiger partial charge on any atom is -0.494 e. The highest BCUT2D eigenvalue weighted by Gasteiger charge is 2.00. The summed E-state index contributed by atoms with van der Waals surface area (Å²) in [6.45, 7) is 2.12. The zero-order valence-electron chi connectivity index (χ0n) is 9.11. The lowest BCUT2D eigenvalue weighted by Crippen LogP contribution is -2.12. The van der Waals surface area contributed by atoms with E-state index in [1.807, 2.05) is 0 Å². The van der Waals surface area contributed by atoms with E-state index in [2.05, 4.69) is 5.16 Å². The molecular formula is C11H15FN2O2. The van der Waals surface area contributed by atoms with Crippen LogP contribution in [-0.4, -0.2) is 17.6 Å². The fourth-order valence-electron chi connectivity index (χ4n) is 1.20. The largest absolute Gasteiger partial charge is 0.494 e. The van der Waals surface area contributed by atoms with E-state index in [9.17, 15) is 4.39 Å². The molecule has 0 unspecified atom stereocenters. The predicted octanol–water partition coefficient (Wildman–Crippen LogP) is 2.04. The summed E-state index contributed by atoms with van der Waals surface area (Å²) in [5.74, 6) is 0.557. The monoisotopic (exact) mass is 226 g/mol. The van der Waals surface area contributed by atoms with Crippen molar-refractivity contribution in [3.63, 3.8) is 0 Å². The molecule has 88 valence electrons. The molecule has 0 saturated heterocycles. The molecule has 0 fully saturated rings. The Hall–Kier alpha value is -1.78. The van der Waals surface area contributed by atoms with E-state index in [0.29, 0.717) is 30.8 Å². The first-order valence-corrected chi connectivity index (χ1v) is 4.99. The Bertz CT molecular complexity index is 380. The van der Waals surface area contributed by atoms with Crippen molar-refractivity contribution in [2.75, 3.05) is 6.61 Å². The summed E-state index contributed by atoms with van der Waals surface area (Å²) in [5, 5.41) is 11.1. The molecule has 4 nitrogen and oxygen atoms in total. The van der Waals surface area contributed by atoms with Crippen molar-refractivity contribution in [3.05, 3.63) is 29.6 Å². The third kappa shape index (κ3) is 3.76. The molecule has 0 heterocycles. The summed E-state index contributed by atoms with van der Waals surface area (Å²) in [6.07, 6.45) is 1.11. The standard InChI is InChI=1S/C11H15FN2O2/c1-8-7-9(4-5-10(8)12)16-6-2-3-11(13)14-15/h4-5,7,15H,2-3,6H2,1H3,(H2,13,14). The second kappa shape index (κ2) is 5.95. The van der Waals surface area contributed by atoms with Gasteiger partial charge in [-0.15, -0.1) is 0 Å². The number of oxime groups is 1. The molecule has 1 rings (SSSR count). The van der Waals surface area contributed by atoms with Crippen LogP contribution >= 0.6 is 0 Å². The summed E-state index contributed by atoms with van der Waals surface area (Å²) < 4.78 is 18.3. The number of nitrogens with two attached hydrogens (primary N) is 1. The van der Waals surface area contributed by atoms with Crippen LogP contribution in [0.5, 0.6) is 5.75 Å². The number of rotatable bonds is 5. The Kier molecular flexibility index (Phi) is 4.57. The van der Waals surface area contributed by atoms with Crippen LogP contribution < -0.4 is 10.5 Å². The molecule has 1 aromatic rings. The lowest BCUT2D eigenvalue weighted by molar-refractivity contribution is 0.305. The summed E-state index contributed by atoms with van der Waals surface area (Å²) in [5.41, 5.74) is 5.84. The normalized spacial score (nSPS) is 11.5. The first-order chi connectivity index (χ1) is 7.63. The van der Waals surface area contributed by atoms with E-state index >= 15 is 0 Å². The molecule has 0 aromatic heterocycles. The first kappa shape index (κ1) is 12.3. The molecule has 1 aromatic carbocycles. The van der Waals surface area contributed by atoms with E-state index in [0.717, 1.165) is 0 Å². The third-order valence-corrected chi connectivity index (χ3v) is 2.10. The Morgan fingerprint density at radius 1 is 1.56 bits per heavy atom. The molecule has 0 amide bonds. The van der Waals surface area contributed by atoms with Crippen LogP contribution in [0.2, 0.25) is 0 Å². The number of aryl methyl sites for hydroxylation is 1. The molecule has 5 heteroatoms. The molecule has 0 spiro atoms. The predicted molar refractivity (Wildman–Crippen MR) is 59.3 cm³/mol. The van der Waals surface area contributed by atoms with E-state index in [4.69, 9.17) is 15.7 Å². The van der Waals surface area contributed by atoms with Gasteiger partial charge in [0, 0.05) is 6.42 Å². The zero-order chi connectivity index (χ0) is 12.0. The van der Waals surface area contributed by atoms with E-state index in [1.165, 1.54) is 6.07 Å². The molecule has 16 heavy (non-hydrogen) atoms. The van der Waals surface area contributed by atoms with Crippen LogP contribution in [-0.2, 0) is 0 Å². The fraction of sp³-hybridized carbons (Fsp3) is 0.364. The molecular weight excluding hydrogens is 211 g/mol. The van der Waals surface area contributed by atoms with Crippen molar-refractivity contribution in [2.24, 2.45) is 10.9 Å². The Balaban J connectivity index is 2.35.